The van der Waals surface area contributed by atoms with Crippen LogP contribution in [0.15, 0.2) is 59.1 Å². The van der Waals surface area contributed by atoms with Gasteiger partial charge in [-0.2, -0.15) is 4.98 Å². The fraction of sp³-hybridized carbons (Fsp3) is 0. The summed E-state index contributed by atoms with van der Waals surface area (Å²) >= 11 is 12.4. The zero-order valence-electron chi connectivity index (χ0n) is 11.7. The van der Waals surface area contributed by atoms with E-state index >= 15 is 0 Å². The lowest BCUT2D eigenvalue weighted by Crippen LogP contribution is -1.91. The van der Waals surface area contributed by atoms with Gasteiger partial charge in [0.1, 0.15) is 16.2 Å². The molecule has 4 nitrogen and oxygen atoms in total. The second kappa shape index (κ2) is 5.65. The Morgan fingerprint density at radius 2 is 1.61 bits per heavy atom. The molecule has 0 unspecified atom stereocenters. The molecule has 0 spiro atoms. The summed E-state index contributed by atoms with van der Waals surface area (Å²) in [6.45, 7) is 0. The molecule has 0 fully saturated rings. The summed E-state index contributed by atoms with van der Waals surface area (Å²) in [5, 5.41) is 5.59. The zero-order chi connectivity index (χ0) is 15.8. The van der Waals surface area contributed by atoms with E-state index in [4.69, 9.17) is 27.7 Å². The second-order valence-electron chi connectivity index (χ2n) is 4.93. The molecule has 112 valence electrons. The van der Waals surface area contributed by atoms with Gasteiger partial charge in [0.15, 0.2) is 5.82 Å². The second-order valence-corrected chi connectivity index (χ2v) is 5.72. The van der Waals surface area contributed by atoms with E-state index in [2.05, 4.69) is 15.1 Å². The van der Waals surface area contributed by atoms with Gasteiger partial charge in [-0.25, -0.2) is 4.98 Å². The Balaban J connectivity index is 1.91. The van der Waals surface area contributed by atoms with Gasteiger partial charge < -0.3 is 4.52 Å². The quantitative estimate of drug-likeness (QED) is 0.466. The number of nitrogens with zero attached hydrogens (tertiary/aromatic N) is 3. The van der Waals surface area contributed by atoms with Crippen LogP contribution in [0.1, 0.15) is 0 Å². The number of benzene rings is 2. The average Bonchev–Trinajstić information content (AvgIpc) is 3.00. The predicted octanol–water partition coefficient (Wildman–Crippen LogP) is 5.26. The third kappa shape index (κ3) is 2.56. The molecule has 0 aliphatic rings. The first-order valence-corrected chi connectivity index (χ1v) is 7.62. The summed E-state index contributed by atoms with van der Waals surface area (Å²) in [6.07, 6.45) is 0. The van der Waals surface area contributed by atoms with Crippen LogP contribution in [0.3, 0.4) is 0 Å². The smallest absolute Gasteiger partial charge is 0.263 e. The van der Waals surface area contributed by atoms with Crippen molar-refractivity contribution in [2.24, 2.45) is 0 Å². The first kappa shape index (κ1) is 14.2. The summed E-state index contributed by atoms with van der Waals surface area (Å²) in [5.74, 6) is 0.445. The number of fused-ring (bicyclic) bond motifs is 1. The highest BCUT2D eigenvalue weighted by Crippen LogP contribution is 2.33. The summed E-state index contributed by atoms with van der Waals surface area (Å²) < 4.78 is 5.36. The molecule has 0 saturated heterocycles. The molecule has 4 rings (SSSR count). The van der Waals surface area contributed by atoms with Crippen molar-refractivity contribution in [2.45, 2.75) is 0 Å². The minimum atomic E-state index is 0.296. The van der Waals surface area contributed by atoms with E-state index in [9.17, 15) is 0 Å². The summed E-state index contributed by atoms with van der Waals surface area (Å²) in [6, 6.07) is 16.9. The number of aromatic nitrogens is 3. The summed E-state index contributed by atoms with van der Waals surface area (Å²) in [4.78, 5) is 8.78. The number of hydrogen-bond donors (Lipinski definition) is 0. The Kier molecular flexibility index (Phi) is 3.48. The van der Waals surface area contributed by atoms with Gasteiger partial charge in [-0.15, -0.1) is 0 Å². The van der Waals surface area contributed by atoms with E-state index in [1.165, 1.54) is 0 Å². The van der Waals surface area contributed by atoms with Crippen LogP contribution in [0.25, 0.3) is 33.7 Å². The van der Waals surface area contributed by atoms with Crippen LogP contribution in [0.5, 0.6) is 0 Å². The monoisotopic (exact) mass is 341 g/mol. The minimum absolute atomic E-state index is 0.296. The van der Waals surface area contributed by atoms with Gasteiger partial charge in [0.25, 0.3) is 5.71 Å². The number of hydrogen-bond acceptors (Lipinski definition) is 4. The normalized spacial score (nSPS) is 11.0. The average molecular weight is 342 g/mol. The van der Waals surface area contributed by atoms with Crippen LogP contribution in [-0.2, 0) is 0 Å². The third-order valence-corrected chi connectivity index (χ3v) is 3.93. The van der Waals surface area contributed by atoms with E-state index in [0.29, 0.717) is 32.8 Å². The van der Waals surface area contributed by atoms with Crippen molar-refractivity contribution in [1.29, 1.82) is 0 Å². The molecule has 0 N–H and O–H groups in total. The van der Waals surface area contributed by atoms with E-state index in [1.54, 1.807) is 12.1 Å². The lowest BCUT2D eigenvalue weighted by atomic mass is 10.1. The molecule has 0 aliphatic carbocycles. The molecule has 23 heavy (non-hydrogen) atoms. The molecule has 2 aromatic heterocycles. The van der Waals surface area contributed by atoms with Crippen molar-refractivity contribution in [2.75, 3.05) is 0 Å². The van der Waals surface area contributed by atoms with Crippen molar-refractivity contribution < 1.29 is 4.52 Å². The molecule has 0 atom stereocenters. The molecule has 4 aromatic rings. The maximum atomic E-state index is 6.36. The summed E-state index contributed by atoms with van der Waals surface area (Å²) in [7, 11) is 0. The number of halogens is 2. The molecule has 6 heteroatoms. The fourth-order valence-electron chi connectivity index (χ4n) is 2.36. The largest absolute Gasteiger partial charge is 0.335 e. The Bertz CT molecular complexity index is 999. The fourth-order valence-corrected chi connectivity index (χ4v) is 2.80. The molecule has 0 aliphatic heterocycles. The molecular weight excluding hydrogens is 333 g/mol. The van der Waals surface area contributed by atoms with E-state index in [-0.39, 0.29) is 0 Å². The molecule has 0 amide bonds. The van der Waals surface area contributed by atoms with Gasteiger partial charge in [-0.05, 0) is 12.1 Å². The van der Waals surface area contributed by atoms with Gasteiger partial charge in [0, 0.05) is 16.1 Å². The van der Waals surface area contributed by atoms with Crippen LogP contribution >= 0.6 is 23.2 Å². The lowest BCUT2D eigenvalue weighted by molar-refractivity contribution is 0.451. The van der Waals surface area contributed by atoms with Crippen molar-refractivity contribution in [1.82, 2.24) is 15.1 Å². The zero-order valence-corrected chi connectivity index (χ0v) is 13.2. The van der Waals surface area contributed by atoms with E-state index < -0.39 is 0 Å². The minimum Gasteiger partial charge on any atom is -0.335 e. The van der Waals surface area contributed by atoms with Gasteiger partial charge in [0.05, 0.1) is 0 Å². The predicted molar refractivity (Wildman–Crippen MR) is 90.5 cm³/mol. The maximum Gasteiger partial charge on any atom is 0.263 e. The Morgan fingerprint density at radius 3 is 2.39 bits per heavy atom. The maximum absolute atomic E-state index is 6.36. The van der Waals surface area contributed by atoms with Gasteiger partial charge >= 0.3 is 0 Å². The van der Waals surface area contributed by atoms with Crippen molar-refractivity contribution in [3.8, 4) is 22.6 Å². The Hall–Kier alpha value is -2.43. The van der Waals surface area contributed by atoms with Crippen molar-refractivity contribution in [3.05, 3.63) is 64.8 Å². The van der Waals surface area contributed by atoms with Crippen molar-refractivity contribution in [3.63, 3.8) is 0 Å². The van der Waals surface area contributed by atoms with Gasteiger partial charge in [0.2, 0.25) is 0 Å². The summed E-state index contributed by atoms with van der Waals surface area (Å²) in [5.41, 5.74) is 2.63. The van der Waals surface area contributed by atoms with E-state index in [1.807, 2.05) is 42.5 Å². The Morgan fingerprint density at radius 1 is 0.826 bits per heavy atom. The highest BCUT2D eigenvalue weighted by atomic mass is 35.5. The number of rotatable bonds is 2. The van der Waals surface area contributed by atoms with Crippen LogP contribution in [0, 0.1) is 0 Å². The standard InChI is InChI=1S/C17H9Cl2N3O/c18-12-8-4-7-11(9-12)16-20-15(19)13-14(22-23-17(13)21-16)10-5-2-1-3-6-10/h1-9H. The van der Waals surface area contributed by atoms with Crippen LogP contribution in [0.4, 0.5) is 0 Å². The van der Waals surface area contributed by atoms with Crippen LogP contribution in [0.2, 0.25) is 10.2 Å². The highest BCUT2D eigenvalue weighted by molar-refractivity contribution is 6.35. The molecule has 0 saturated carbocycles. The van der Waals surface area contributed by atoms with Gasteiger partial charge in [-0.3, -0.25) is 0 Å². The van der Waals surface area contributed by atoms with Crippen LogP contribution < -0.4 is 0 Å². The molecule has 2 aromatic carbocycles. The molecule has 0 bridgehead atoms. The lowest BCUT2D eigenvalue weighted by Gasteiger charge is -2.02. The SMILES string of the molecule is Clc1cccc(-c2nc(Cl)c3c(-c4ccccc4)noc3n2)c1. The molecule has 2 heterocycles. The van der Waals surface area contributed by atoms with Crippen molar-refractivity contribution >= 4 is 34.3 Å². The Labute approximate surface area is 141 Å². The van der Waals surface area contributed by atoms with E-state index in [0.717, 1.165) is 11.1 Å². The topological polar surface area (TPSA) is 51.8 Å². The highest BCUT2D eigenvalue weighted by Gasteiger charge is 2.18. The first-order valence-electron chi connectivity index (χ1n) is 6.86. The third-order valence-electron chi connectivity index (χ3n) is 3.42. The molecular formula is C17H9Cl2N3O. The first-order chi connectivity index (χ1) is 11.2. The molecule has 0 radical (unpaired) electrons. The van der Waals surface area contributed by atoms with Gasteiger partial charge in [-0.1, -0.05) is 70.8 Å². The van der Waals surface area contributed by atoms with Crippen LogP contribution in [-0.4, -0.2) is 15.1 Å².